The van der Waals surface area contributed by atoms with E-state index in [4.69, 9.17) is 32.5 Å². The van der Waals surface area contributed by atoms with Crippen molar-refractivity contribution in [2.75, 3.05) is 0 Å². The van der Waals surface area contributed by atoms with Crippen LogP contribution in [-0.4, -0.2) is 40.2 Å². The number of aromatic nitrogens is 2. The Labute approximate surface area is 406 Å². The molecule has 0 saturated carbocycles. The number of nitrogens with one attached hydrogen (secondary N) is 7. The second kappa shape index (κ2) is 20.1. The standard InChI is InChI=1S/C49H34F9N9S3/c1-46(33-15-6-7-16-34(33)49(56,57)58)22-10-21-39(67-46)45(64)70-42(61)28-24-26(40(59)68-43(62)37-19-8-17-35(65-37)29-11-2-4-13-31(29)47(50,51)52)23-27(25-28)41(60)69-44(63)38-20-9-18-36(66-38)30-12-3-5-14-32(30)48(53,54)55/h2-25,59-64,67H,1H3. The number of hydrogen-bond acceptors (Lipinski definition) is 12. The van der Waals surface area contributed by atoms with Crippen LogP contribution in [0.25, 0.3) is 22.5 Å². The third kappa shape index (κ3) is 11.5. The topological polar surface area (TPSA) is 181 Å². The second-order valence-electron chi connectivity index (χ2n) is 15.3. The van der Waals surface area contributed by atoms with Crippen LogP contribution >= 0.6 is 35.3 Å². The summed E-state index contributed by atoms with van der Waals surface area (Å²) < 4.78 is 126. The molecule has 0 spiro atoms. The van der Waals surface area contributed by atoms with Crippen LogP contribution in [0.4, 0.5) is 39.5 Å². The highest BCUT2D eigenvalue weighted by molar-refractivity contribution is 8.28. The lowest BCUT2D eigenvalue weighted by molar-refractivity contribution is -0.139. The summed E-state index contributed by atoms with van der Waals surface area (Å²) in [6.45, 7) is 1.50. The van der Waals surface area contributed by atoms with Crippen molar-refractivity contribution >= 4 is 65.5 Å². The van der Waals surface area contributed by atoms with Gasteiger partial charge in [0.15, 0.2) is 0 Å². The molecule has 0 saturated heterocycles. The average Bonchev–Trinajstić information content (AvgIpc) is 3.33. The summed E-state index contributed by atoms with van der Waals surface area (Å²) in [5, 5.41) is 54.8. The van der Waals surface area contributed by atoms with Gasteiger partial charge in [-0.3, -0.25) is 32.5 Å². The zero-order chi connectivity index (χ0) is 50.8. The predicted octanol–water partition coefficient (Wildman–Crippen LogP) is 14.0. The second-order valence-corrected chi connectivity index (χ2v) is 18.4. The van der Waals surface area contributed by atoms with E-state index in [0.717, 1.165) is 18.2 Å². The summed E-state index contributed by atoms with van der Waals surface area (Å²) in [5.41, 5.74) is -4.96. The molecular formula is C49H34F9N9S3. The van der Waals surface area contributed by atoms with Crippen LogP contribution in [0.3, 0.4) is 0 Å². The maximum atomic E-state index is 14.1. The van der Waals surface area contributed by atoms with Crippen LogP contribution in [0.15, 0.2) is 151 Å². The average molecular weight is 1020 g/mol. The summed E-state index contributed by atoms with van der Waals surface area (Å²) in [7, 11) is 0. The minimum Gasteiger partial charge on any atom is -0.370 e. The molecule has 6 aromatic rings. The summed E-state index contributed by atoms with van der Waals surface area (Å²) in [4.78, 5) is 8.57. The molecule has 356 valence electrons. The van der Waals surface area contributed by atoms with Crippen molar-refractivity contribution in [2.45, 2.75) is 31.0 Å². The summed E-state index contributed by atoms with van der Waals surface area (Å²) in [5.74, 6) is 0. The molecule has 0 bridgehead atoms. The first kappa shape index (κ1) is 50.8. The lowest BCUT2D eigenvalue weighted by Gasteiger charge is -2.34. The quantitative estimate of drug-likeness (QED) is 0.0430. The van der Waals surface area contributed by atoms with Crippen molar-refractivity contribution < 1.29 is 39.5 Å². The molecular weight excluding hydrogens is 982 g/mol. The van der Waals surface area contributed by atoms with Gasteiger partial charge in [0.2, 0.25) is 0 Å². The first-order chi connectivity index (χ1) is 32.9. The van der Waals surface area contributed by atoms with Crippen LogP contribution < -0.4 is 5.32 Å². The third-order valence-corrected chi connectivity index (χ3v) is 13.0. The molecule has 21 heteroatoms. The first-order valence-corrected chi connectivity index (χ1v) is 22.7. The number of thioether (sulfide) groups is 3. The fourth-order valence-electron chi connectivity index (χ4n) is 7.17. The molecule has 7 rings (SSSR count). The largest absolute Gasteiger partial charge is 0.417 e. The number of hydrogen-bond donors (Lipinski definition) is 7. The van der Waals surface area contributed by atoms with Gasteiger partial charge in [-0.15, -0.1) is 0 Å². The van der Waals surface area contributed by atoms with E-state index >= 15 is 0 Å². The highest BCUT2D eigenvalue weighted by atomic mass is 32.2. The van der Waals surface area contributed by atoms with E-state index in [1.807, 2.05) is 0 Å². The summed E-state index contributed by atoms with van der Waals surface area (Å²) in [6, 6.07) is 26.9. The maximum Gasteiger partial charge on any atom is 0.417 e. The molecule has 4 aromatic carbocycles. The molecule has 1 atom stereocenters. The van der Waals surface area contributed by atoms with Crippen LogP contribution in [0, 0.1) is 32.5 Å². The molecule has 1 aliphatic rings. The molecule has 0 amide bonds. The van der Waals surface area contributed by atoms with Gasteiger partial charge in [-0.05, 0) is 115 Å². The van der Waals surface area contributed by atoms with E-state index < -0.39 is 40.8 Å². The number of benzene rings is 4. The Kier molecular flexibility index (Phi) is 14.6. The Morgan fingerprint density at radius 3 is 1.29 bits per heavy atom. The Morgan fingerprint density at radius 1 is 0.471 bits per heavy atom. The highest BCUT2D eigenvalue weighted by Crippen LogP contribution is 2.41. The molecule has 1 aliphatic heterocycles. The van der Waals surface area contributed by atoms with Gasteiger partial charge < -0.3 is 5.32 Å². The predicted molar refractivity (Wildman–Crippen MR) is 260 cm³/mol. The zero-order valence-electron chi connectivity index (χ0n) is 35.9. The van der Waals surface area contributed by atoms with E-state index in [1.165, 1.54) is 134 Å². The van der Waals surface area contributed by atoms with Gasteiger partial charge in [0.05, 0.1) is 50.7 Å². The number of halogens is 9. The molecule has 7 N–H and O–H groups in total. The molecule has 1 unspecified atom stereocenters. The van der Waals surface area contributed by atoms with Gasteiger partial charge >= 0.3 is 18.5 Å². The van der Waals surface area contributed by atoms with Gasteiger partial charge in [-0.1, -0.05) is 78.9 Å². The minimum absolute atomic E-state index is 0.0211. The lowest BCUT2D eigenvalue weighted by Crippen LogP contribution is -2.41. The lowest BCUT2D eigenvalue weighted by atomic mass is 9.85. The molecule has 3 heterocycles. The Balaban J connectivity index is 1.18. The molecule has 2 aromatic heterocycles. The van der Waals surface area contributed by atoms with Crippen molar-refractivity contribution in [1.82, 2.24) is 15.3 Å². The number of dihydropyridines is 1. The van der Waals surface area contributed by atoms with Gasteiger partial charge in [-0.25, -0.2) is 9.97 Å². The van der Waals surface area contributed by atoms with Gasteiger partial charge in [0, 0.05) is 27.8 Å². The van der Waals surface area contributed by atoms with E-state index in [2.05, 4.69) is 15.3 Å². The molecule has 9 nitrogen and oxygen atoms in total. The highest BCUT2D eigenvalue weighted by Gasteiger charge is 2.40. The zero-order valence-corrected chi connectivity index (χ0v) is 38.3. The van der Waals surface area contributed by atoms with Gasteiger partial charge in [0.1, 0.15) is 30.3 Å². The van der Waals surface area contributed by atoms with Gasteiger partial charge in [-0.2, -0.15) is 39.5 Å². The van der Waals surface area contributed by atoms with Crippen LogP contribution in [0.1, 0.15) is 57.3 Å². The third-order valence-electron chi connectivity index (χ3n) is 10.4. The van der Waals surface area contributed by atoms with Crippen molar-refractivity contribution in [2.24, 2.45) is 0 Å². The molecule has 0 radical (unpaired) electrons. The van der Waals surface area contributed by atoms with E-state index in [0.29, 0.717) is 35.3 Å². The van der Waals surface area contributed by atoms with Crippen LogP contribution in [-0.2, 0) is 24.1 Å². The minimum atomic E-state index is -4.70. The van der Waals surface area contributed by atoms with Crippen LogP contribution in [0.2, 0.25) is 0 Å². The Hall–Kier alpha value is -7.10. The number of pyridine rings is 2. The molecule has 0 aliphatic carbocycles. The SMILES string of the molecule is CC1(c2ccccc2C(F)(F)F)C=CC=C(C(=N)SC(=N)c2cc(C(=N)SC(=N)c3cccc(-c4ccccc4C(F)(F)F)n3)cc(C(=N)SC(=N)c3cccc(-c4ccccc4C(F)(F)F)n3)c2)N1. The number of alkyl halides is 9. The van der Waals surface area contributed by atoms with Crippen molar-refractivity contribution in [3.63, 3.8) is 0 Å². The Morgan fingerprint density at radius 2 is 0.857 bits per heavy atom. The van der Waals surface area contributed by atoms with Gasteiger partial charge in [0.25, 0.3) is 0 Å². The molecule has 70 heavy (non-hydrogen) atoms. The van der Waals surface area contributed by atoms with E-state index in [-0.39, 0.29) is 92.1 Å². The first-order valence-electron chi connectivity index (χ1n) is 20.3. The smallest absolute Gasteiger partial charge is 0.370 e. The Bertz CT molecular complexity index is 3040. The summed E-state index contributed by atoms with van der Waals surface area (Å²) in [6.07, 6.45) is -9.66. The van der Waals surface area contributed by atoms with Crippen molar-refractivity contribution in [1.29, 1.82) is 32.5 Å². The van der Waals surface area contributed by atoms with Crippen molar-refractivity contribution in [3.8, 4) is 22.5 Å². The van der Waals surface area contributed by atoms with E-state index in [1.54, 1.807) is 0 Å². The fraction of sp³-hybridized carbons (Fsp3) is 0.102. The number of allylic oxidation sites excluding steroid dienone is 2. The normalized spacial score (nSPS) is 14.9. The van der Waals surface area contributed by atoms with E-state index in [9.17, 15) is 39.5 Å². The number of rotatable bonds is 9. The monoisotopic (exact) mass is 1020 g/mol. The summed E-state index contributed by atoms with van der Waals surface area (Å²) >= 11 is 1.71. The molecule has 0 fully saturated rings. The number of nitrogens with zero attached hydrogens (tertiary/aromatic N) is 2. The van der Waals surface area contributed by atoms with Crippen molar-refractivity contribution in [3.05, 3.63) is 202 Å². The fourth-order valence-corrected chi connectivity index (χ4v) is 9.15. The van der Waals surface area contributed by atoms with Crippen LogP contribution in [0.5, 0.6) is 0 Å². The maximum absolute atomic E-state index is 14.1.